The van der Waals surface area contributed by atoms with Crippen LogP contribution in [-0.4, -0.2) is 52.8 Å². The monoisotopic (exact) mass is 454 g/mol. The van der Waals surface area contributed by atoms with E-state index in [0.717, 1.165) is 48.8 Å². The number of hydrogen-bond donors (Lipinski definition) is 1. The quantitative estimate of drug-likeness (QED) is 0.460. The first kappa shape index (κ1) is 20.6. The Hall–Kier alpha value is -3.96. The van der Waals surface area contributed by atoms with Crippen molar-refractivity contribution in [2.24, 2.45) is 5.92 Å². The minimum Gasteiger partial charge on any atom is -0.492 e. The maximum Gasteiger partial charge on any atom is 0.181 e. The van der Waals surface area contributed by atoms with Crippen LogP contribution in [0.5, 0.6) is 5.75 Å². The fraction of sp³-hybridized carbons (Fsp3) is 0.308. The Morgan fingerprint density at radius 2 is 1.88 bits per heavy atom. The van der Waals surface area contributed by atoms with Gasteiger partial charge in [-0.1, -0.05) is 0 Å². The molecule has 0 atom stereocenters. The number of H-pyrrole nitrogens is 1. The van der Waals surface area contributed by atoms with Crippen LogP contribution < -0.4 is 9.64 Å². The summed E-state index contributed by atoms with van der Waals surface area (Å²) in [6.07, 6.45) is 3.92. The van der Waals surface area contributed by atoms with Gasteiger partial charge in [-0.25, -0.2) is 15.0 Å². The Morgan fingerprint density at radius 1 is 1.09 bits per heavy atom. The van der Waals surface area contributed by atoms with Crippen molar-refractivity contribution < 1.29 is 10.9 Å². The van der Waals surface area contributed by atoms with Crippen molar-refractivity contribution in [3.63, 3.8) is 0 Å². The van der Waals surface area contributed by atoms with E-state index in [9.17, 15) is 5.26 Å². The molecule has 2 aromatic carbocycles. The van der Waals surface area contributed by atoms with Gasteiger partial charge >= 0.3 is 0 Å². The lowest BCUT2D eigenvalue weighted by Gasteiger charge is -2.28. The molecule has 172 valence electrons. The second-order valence-corrected chi connectivity index (χ2v) is 8.73. The number of morpholine rings is 1. The first-order valence-corrected chi connectivity index (χ1v) is 11.6. The molecule has 0 amide bonds. The molecular formula is C26H26N6O2. The smallest absolute Gasteiger partial charge is 0.181 e. The van der Waals surface area contributed by atoms with E-state index in [1.165, 1.54) is 24.9 Å². The van der Waals surface area contributed by atoms with Crippen molar-refractivity contribution in [3.05, 3.63) is 54.4 Å². The third kappa shape index (κ3) is 4.06. The number of ether oxygens (including phenoxy) is 2. The van der Waals surface area contributed by atoms with Crippen molar-refractivity contribution in [2.45, 2.75) is 12.8 Å². The molecule has 34 heavy (non-hydrogen) atoms. The second-order valence-electron chi connectivity index (χ2n) is 8.73. The molecule has 4 aromatic rings. The van der Waals surface area contributed by atoms with Crippen LogP contribution in [0.15, 0.2) is 48.8 Å². The Bertz CT molecular complexity index is 1370. The SMILES string of the molecule is N#Cc1cc(-c2ncnc3nc(-c4ccc(N5CCOCC5)cc4)[nH]c23)ccc1OCC1CC1.[HH]. The van der Waals surface area contributed by atoms with Crippen molar-refractivity contribution in [1.29, 1.82) is 5.26 Å². The van der Waals surface area contributed by atoms with Gasteiger partial charge in [0.1, 0.15) is 29.5 Å². The van der Waals surface area contributed by atoms with Crippen LogP contribution in [0.3, 0.4) is 0 Å². The topological polar surface area (TPSA) is 100.0 Å². The maximum absolute atomic E-state index is 9.66. The fourth-order valence-electron chi connectivity index (χ4n) is 4.22. The molecule has 3 heterocycles. The minimum atomic E-state index is 0. The average Bonchev–Trinajstić information content (AvgIpc) is 3.63. The third-order valence-corrected chi connectivity index (χ3v) is 6.35. The van der Waals surface area contributed by atoms with Crippen molar-refractivity contribution in [3.8, 4) is 34.5 Å². The second kappa shape index (κ2) is 8.76. The van der Waals surface area contributed by atoms with Crippen LogP contribution in [0.2, 0.25) is 0 Å². The number of rotatable bonds is 6. The van der Waals surface area contributed by atoms with Gasteiger partial charge in [0, 0.05) is 31.3 Å². The average molecular weight is 455 g/mol. The molecule has 1 saturated carbocycles. The highest BCUT2D eigenvalue weighted by Crippen LogP contribution is 2.33. The number of benzene rings is 2. The van der Waals surface area contributed by atoms with Gasteiger partial charge in [-0.15, -0.1) is 0 Å². The molecule has 1 saturated heterocycles. The number of aromatic amines is 1. The molecule has 0 spiro atoms. The first-order valence-electron chi connectivity index (χ1n) is 11.6. The molecule has 2 aliphatic rings. The summed E-state index contributed by atoms with van der Waals surface area (Å²) in [5.74, 6) is 1.98. The summed E-state index contributed by atoms with van der Waals surface area (Å²) in [7, 11) is 0. The lowest BCUT2D eigenvalue weighted by Crippen LogP contribution is -2.36. The third-order valence-electron chi connectivity index (χ3n) is 6.35. The van der Waals surface area contributed by atoms with Crippen molar-refractivity contribution in [2.75, 3.05) is 37.8 Å². The molecule has 1 N–H and O–H groups in total. The van der Waals surface area contributed by atoms with Crippen LogP contribution in [-0.2, 0) is 4.74 Å². The van der Waals surface area contributed by atoms with Gasteiger partial charge < -0.3 is 19.4 Å². The number of hydrogen-bond acceptors (Lipinski definition) is 7. The zero-order valence-corrected chi connectivity index (χ0v) is 18.7. The van der Waals surface area contributed by atoms with Crippen LogP contribution in [0.25, 0.3) is 33.8 Å². The number of fused-ring (bicyclic) bond motifs is 1. The summed E-state index contributed by atoms with van der Waals surface area (Å²) < 4.78 is 11.3. The fourth-order valence-corrected chi connectivity index (χ4v) is 4.22. The zero-order valence-electron chi connectivity index (χ0n) is 18.7. The van der Waals surface area contributed by atoms with Gasteiger partial charge in [-0.2, -0.15) is 5.26 Å². The normalized spacial score (nSPS) is 15.9. The van der Waals surface area contributed by atoms with Crippen molar-refractivity contribution in [1.82, 2.24) is 19.9 Å². The summed E-state index contributed by atoms with van der Waals surface area (Å²) in [6, 6.07) is 16.2. The Kier molecular flexibility index (Phi) is 5.32. The number of imidazole rings is 1. The lowest BCUT2D eigenvalue weighted by atomic mass is 10.1. The van der Waals surface area contributed by atoms with Crippen LogP contribution in [0, 0.1) is 17.2 Å². The predicted molar refractivity (Wildman–Crippen MR) is 131 cm³/mol. The molecule has 2 fully saturated rings. The lowest BCUT2D eigenvalue weighted by molar-refractivity contribution is 0.122. The molecule has 8 nitrogen and oxygen atoms in total. The van der Waals surface area contributed by atoms with E-state index in [2.05, 4.69) is 50.2 Å². The van der Waals surface area contributed by atoms with E-state index < -0.39 is 0 Å². The first-order chi connectivity index (χ1) is 16.8. The molecule has 0 unspecified atom stereocenters. The van der Waals surface area contributed by atoms with Crippen LogP contribution >= 0.6 is 0 Å². The molecule has 6 rings (SSSR count). The number of aromatic nitrogens is 4. The van der Waals surface area contributed by atoms with E-state index in [0.29, 0.717) is 35.2 Å². The molecule has 0 bridgehead atoms. The summed E-state index contributed by atoms with van der Waals surface area (Å²) in [5.41, 5.74) is 5.51. The molecule has 8 heteroatoms. The summed E-state index contributed by atoms with van der Waals surface area (Å²) >= 11 is 0. The number of anilines is 1. The molecule has 2 aromatic heterocycles. The van der Waals surface area contributed by atoms with E-state index in [1.54, 1.807) is 0 Å². The van der Waals surface area contributed by atoms with Gasteiger partial charge in [-0.05, 0) is 61.2 Å². The highest BCUT2D eigenvalue weighted by atomic mass is 16.5. The van der Waals surface area contributed by atoms with Crippen LogP contribution in [0.1, 0.15) is 19.8 Å². The van der Waals surface area contributed by atoms with Crippen molar-refractivity contribution >= 4 is 16.9 Å². The molecule has 1 aliphatic heterocycles. The molecule has 0 radical (unpaired) electrons. The van der Waals surface area contributed by atoms with E-state index >= 15 is 0 Å². The van der Waals surface area contributed by atoms with Gasteiger partial charge in [0.2, 0.25) is 0 Å². The molecular weight excluding hydrogens is 428 g/mol. The standard InChI is InChI=1S/C26H24N6O2.H2/c27-14-20-13-19(5-8-22(20)34-15-17-1-2-17)23-24-26(29-16-28-23)31-25(30-24)18-3-6-21(7-4-18)32-9-11-33-12-10-32;/h3-8,13,16-17H,1-2,9-12,15H2,(H,28,29,30,31);1H. The Balaban J connectivity index is 0.00000253. The van der Waals surface area contributed by atoms with Gasteiger partial charge in [-0.3, -0.25) is 0 Å². The number of nitriles is 1. The van der Waals surface area contributed by atoms with Gasteiger partial charge in [0.25, 0.3) is 0 Å². The van der Waals surface area contributed by atoms with Gasteiger partial charge in [0.05, 0.1) is 31.1 Å². The predicted octanol–water partition coefficient (Wildman–Crippen LogP) is 4.43. The minimum absolute atomic E-state index is 0. The highest BCUT2D eigenvalue weighted by molar-refractivity contribution is 5.89. The largest absolute Gasteiger partial charge is 0.492 e. The van der Waals surface area contributed by atoms with Crippen LogP contribution in [0.4, 0.5) is 5.69 Å². The molecule has 1 aliphatic carbocycles. The van der Waals surface area contributed by atoms with E-state index in [1.807, 2.05) is 18.2 Å². The summed E-state index contributed by atoms with van der Waals surface area (Å²) in [4.78, 5) is 19.3. The van der Waals surface area contributed by atoms with E-state index in [4.69, 9.17) is 14.5 Å². The maximum atomic E-state index is 9.66. The Morgan fingerprint density at radius 3 is 2.65 bits per heavy atom. The highest BCUT2D eigenvalue weighted by Gasteiger charge is 2.23. The Labute approximate surface area is 198 Å². The summed E-state index contributed by atoms with van der Waals surface area (Å²) in [6.45, 7) is 3.98. The zero-order chi connectivity index (χ0) is 22.9. The van der Waals surface area contributed by atoms with Gasteiger partial charge in [0.15, 0.2) is 5.65 Å². The number of nitrogens with one attached hydrogen (secondary N) is 1. The number of nitrogens with zero attached hydrogens (tertiary/aromatic N) is 5. The van der Waals surface area contributed by atoms with E-state index in [-0.39, 0.29) is 1.43 Å². The summed E-state index contributed by atoms with van der Waals surface area (Å²) in [5, 5.41) is 9.66.